The molecule has 16 heavy (non-hydrogen) atoms. The van der Waals surface area contributed by atoms with Crippen LogP contribution in [0.1, 0.15) is 43.5 Å². The highest BCUT2D eigenvalue weighted by Crippen LogP contribution is 2.22. The Morgan fingerprint density at radius 2 is 2.19 bits per heavy atom. The fourth-order valence-corrected chi connectivity index (χ4v) is 2.57. The Balaban J connectivity index is 2.40. The smallest absolute Gasteiger partial charge is 0.163 e. The van der Waals surface area contributed by atoms with E-state index in [2.05, 4.69) is 13.8 Å². The molecule has 0 saturated carbocycles. The van der Waals surface area contributed by atoms with Crippen molar-refractivity contribution in [2.75, 3.05) is 6.54 Å². The second kappa shape index (κ2) is 6.81. The van der Waals surface area contributed by atoms with Gasteiger partial charge in [0, 0.05) is 17.4 Å². The van der Waals surface area contributed by atoms with Gasteiger partial charge in [-0.3, -0.25) is 4.79 Å². The molecule has 0 amide bonds. The average Bonchev–Trinajstić information content (AvgIpc) is 2.76. The molecule has 1 aromatic rings. The van der Waals surface area contributed by atoms with Crippen LogP contribution in [0.4, 0.5) is 0 Å². The summed E-state index contributed by atoms with van der Waals surface area (Å²) in [6.07, 6.45) is 2.64. The van der Waals surface area contributed by atoms with Crippen molar-refractivity contribution in [3.05, 3.63) is 22.4 Å². The van der Waals surface area contributed by atoms with E-state index in [1.165, 1.54) is 0 Å². The minimum Gasteiger partial charge on any atom is -0.330 e. The molecule has 1 aromatic heterocycles. The Hall–Kier alpha value is -0.670. The van der Waals surface area contributed by atoms with Gasteiger partial charge in [0.2, 0.25) is 0 Å². The molecule has 3 heteroatoms. The summed E-state index contributed by atoms with van der Waals surface area (Å²) in [4.78, 5) is 11.8. The molecule has 1 unspecified atom stereocenters. The van der Waals surface area contributed by atoms with Crippen molar-refractivity contribution in [1.29, 1.82) is 0 Å². The lowest BCUT2D eigenvalue weighted by atomic mass is 9.87. The van der Waals surface area contributed by atoms with Crippen molar-refractivity contribution in [3.63, 3.8) is 0 Å². The van der Waals surface area contributed by atoms with Crippen LogP contribution >= 0.6 is 11.3 Å². The monoisotopic (exact) mass is 239 g/mol. The minimum atomic E-state index is 0.268. The molecule has 1 heterocycles. The molecule has 2 N–H and O–H groups in total. The molecule has 0 radical (unpaired) electrons. The number of nitrogens with two attached hydrogens (primary N) is 1. The van der Waals surface area contributed by atoms with Crippen LogP contribution in [0.15, 0.2) is 16.8 Å². The number of Topliss-reactive ketones (excluding diaryl/α,β-unsaturated/α-hetero) is 1. The van der Waals surface area contributed by atoms with Crippen molar-refractivity contribution in [3.8, 4) is 0 Å². The molecule has 0 fully saturated rings. The number of rotatable bonds is 7. The molecule has 0 bridgehead atoms. The van der Waals surface area contributed by atoms with Crippen LogP contribution < -0.4 is 5.73 Å². The second-order valence-electron chi connectivity index (χ2n) is 4.56. The fourth-order valence-electron chi connectivity index (χ4n) is 1.91. The highest BCUT2D eigenvalue weighted by Gasteiger charge is 2.15. The number of thiophene rings is 1. The van der Waals surface area contributed by atoms with Gasteiger partial charge >= 0.3 is 0 Å². The van der Waals surface area contributed by atoms with Crippen LogP contribution in [0.5, 0.6) is 0 Å². The van der Waals surface area contributed by atoms with E-state index >= 15 is 0 Å². The summed E-state index contributed by atoms with van der Waals surface area (Å²) in [6, 6.07) is 1.90. The Labute approximate surface area is 102 Å². The zero-order valence-electron chi connectivity index (χ0n) is 10.1. The van der Waals surface area contributed by atoms with E-state index in [9.17, 15) is 4.79 Å². The summed E-state index contributed by atoms with van der Waals surface area (Å²) in [5, 5.41) is 3.88. The quantitative estimate of drug-likeness (QED) is 0.742. The van der Waals surface area contributed by atoms with Crippen LogP contribution in [-0.4, -0.2) is 12.3 Å². The largest absolute Gasteiger partial charge is 0.330 e. The second-order valence-corrected chi connectivity index (χ2v) is 5.34. The van der Waals surface area contributed by atoms with Crippen molar-refractivity contribution < 1.29 is 4.79 Å². The first-order valence-corrected chi connectivity index (χ1v) is 6.85. The molecule has 2 nitrogen and oxygen atoms in total. The maximum absolute atomic E-state index is 11.8. The van der Waals surface area contributed by atoms with Crippen molar-refractivity contribution in [1.82, 2.24) is 0 Å². The zero-order chi connectivity index (χ0) is 12.0. The van der Waals surface area contributed by atoms with E-state index in [1.807, 2.05) is 16.8 Å². The summed E-state index contributed by atoms with van der Waals surface area (Å²) < 4.78 is 0. The summed E-state index contributed by atoms with van der Waals surface area (Å²) >= 11 is 1.58. The molecular formula is C13H21NOS. The Morgan fingerprint density at radius 1 is 1.44 bits per heavy atom. The summed E-state index contributed by atoms with van der Waals surface area (Å²) in [6.45, 7) is 5.13. The molecule has 0 aromatic carbocycles. The lowest BCUT2D eigenvalue weighted by molar-refractivity contribution is 0.0969. The lowest BCUT2D eigenvalue weighted by Gasteiger charge is -2.19. The van der Waals surface area contributed by atoms with Gasteiger partial charge in [0.15, 0.2) is 5.78 Å². The van der Waals surface area contributed by atoms with Gasteiger partial charge in [0.1, 0.15) is 0 Å². The summed E-state index contributed by atoms with van der Waals surface area (Å²) in [5.41, 5.74) is 6.45. The van der Waals surface area contributed by atoms with Crippen LogP contribution in [-0.2, 0) is 0 Å². The molecule has 1 rings (SSSR count). The number of carbonyl (C=O) groups excluding carboxylic acids is 1. The van der Waals surface area contributed by atoms with Gasteiger partial charge < -0.3 is 5.73 Å². The topological polar surface area (TPSA) is 43.1 Å². The lowest BCUT2D eigenvalue weighted by Crippen LogP contribution is -2.15. The van der Waals surface area contributed by atoms with Crippen molar-refractivity contribution in [2.45, 2.75) is 33.1 Å². The maximum Gasteiger partial charge on any atom is 0.163 e. The molecule has 0 aliphatic heterocycles. The molecule has 1 atom stereocenters. The van der Waals surface area contributed by atoms with E-state index in [0.717, 1.165) is 24.9 Å². The van der Waals surface area contributed by atoms with Crippen LogP contribution in [0.3, 0.4) is 0 Å². The highest BCUT2D eigenvalue weighted by molar-refractivity contribution is 7.08. The van der Waals surface area contributed by atoms with Crippen LogP contribution in [0.25, 0.3) is 0 Å². The maximum atomic E-state index is 11.8. The molecule has 0 spiro atoms. The van der Waals surface area contributed by atoms with Gasteiger partial charge in [0.25, 0.3) is 0 Å². The molecule has 0 saturated heterocycles. The molecule has 90 valence electrons. The van der Waals surface area contributed by atoms with E-state index in [0.29, 0.717) is 18.3 Å². The third-order valence-corrected chi connectivity index (χ3v) is 3.75. The summed E-state index contributed by atoms with van der Waals surface area (Å²) in [7, 11) is 0. The number of hydrogen-bond acceptors (Lipinski definition) is 3. The minimum absolute atomic E-state index is 0.268. The van der Waals surface area contributed by atoms with E-state index in [4.69, 9.17) is 5.73 Å². The normalized spacial score (nSPS) is 13.0. The predicted molar refractivity (Wildman–Crippen MR) is 69.9 cm³/mol. The number of hydrogen-bond donors (Lipinski definition) is 1. The van der Waals surface area contributed by atoms with Crippen LogP contribution in [0, 0.1) is 11.8 Å². The van der Waals surface area contributed by atoms with Gasteiger partial charge in [-0.05, 0) is 42.7 Å². The summed E-state index contributed by atoms with van der Waals surface area (Å²) in [5.74, 6) is 1.45. The Kier molecular flexibility index (Phi) is 5.71. The Bertz CT molecular complexity index is 306. The third-order valence-electron chi connectivity index (χ3n) is 3.07. The zero-order valence-corrected chi connectivity index (χ0v) is 10.9. The highest BCUT2D eigenvalue weighted by atomic mass is 32.1. The standard InChI is InChI=1S/C13H21NOS/c1-10(2)11(5-7-14)3-4-13(15)12-6-8-16-9-12/h6,8-11H,3-5,7,14H2,1-2H3. The Morgan fingerprint density at radius 3 is 2.69 bits per heavy atom. The van der Waals surface area contributed by atoms with Gasteiger partial charge in [0.05, 0.1) is 0 Å². The molecular weight excluding hydrogens is 218 g/mol. The van der Waals surface area contributed by atoms with E-state index in [1.54, 1.807) is 11.3 Å². The molecule has 0 aliphatic carbocycles. The molecule has 0 aliphatic rings. The van der Waals surface area contributed by atoms with Crippen LogP contribution in [0.2, 0.25) is 0 Å². The van der Waals surface area contributed by atoms with Gasteiger partial charge in [-0.15, -0.1) is 0 Å². The first-order chi connectivity index (χ1) is 7.65. The number of carbonyl (C=O) groups is 1. The predicted octanol–water partition coefficient (Wildman–Crippen LogP) is 3.33. The van der Waals surface area contributed by atoms with Gasteiger partial charge in [-0.1, -0.05) is 13.8 Å². The fraction of sp³-hybridized carbons (Fsp3) is 0.615. The average molecular weight is 239 g/mol. The SMILES string of the molecule is CC(C)C(CCN)CCC(=O)c1ccsc1. The third kappa shape index (κ3) is 4.06. The van der Waals surface area contributed by atoms with E-state index < -0.39 is 0 Å². The van der Waals surface area contributed by atoms with Crippen molar-refractivity contribution >= 4 is 17.1 Å². The number of ketones is 1. The van der Waals surface area contributed by atoms with Gasteiger partial charge in [-0.25, -0.2) is 0 Å². The first-order valence-electron chi connectivity index (χ1n) is 5.90. The first kappa shape index (κ1) is 13.4. The van der Waals surface area contributed by atoms with E-state index in [-0.39, 0.29) is 5.78 Å². The van der Waals surface area contributed by atoms with Gasteiger partial charge in [-0.2, -0.15) is 11.3 Å². The van der Waals surface area contributed by atoms with Crippen molar-refractivity contribution in [2.24, 2.45) is 17.6 Å².